The molecular formula is C28H27FN2O3. The Labute approximate surface area is 198 Å². The maximum Gasteiger partial charge on any atom is 0.278 e. The zero-order valence-corrected chi connectivity index (χ0v) is 19.7. The quantitative estimate of drug-likeness (QED) is 0.467. The topological polar surface area (TPSA) is 58.6 Å². The number of amides is 2. The number of ether oxygens (including phenoxy) is 1. The number of hydrogen-bond donors (Lipinski definition) is 1. The predicted molar refractivity (Wildman–Crippen MR) is 131 cm³/mol. The van der Waals surface area contributed by atoms with Crippen LogP contribution in [0.15, 0.2) is 72.4 Å². The van der Waals surface area contributed by atoms with E-state index in [1.54, 1.807) is 12.1 Å². The second-order valence-corrected chi connectivity index (χ2v) is 8.69. The Morgan fingerprint density at radius 1 is 0.882 bits per heavy atom. The van der Waals surface area contributed by atoms with E-state index in [-0.39, 0.29) is 30.1 Å². The van der Waals surface area contributed by atoms with Crippen molar-refractivity contribution in [2.45, 2.75) is 40.3 Å². The molecular weight excluding hydrogens is 431 g/mol. The summed E-state index contributed by atoms with van der Waals surface area (Å²) in [7, 11) is 0. The van der Waals surface area contributed by atoms with Gasteiger partial charge in [-0.2, -0.15) is 0 Å². The fourth-order valence-corrected chi connectivity index (χ4v) is 3.81. The van der Waals surface area contributed by atoms with E-state index in [1.807, 2.05) is 70.2 Å². The summed E-state index contributed by atoms with van der Waals surface area (Å²) in [4.78, 5) is 28.1. The lowest BCUT2D eigenvalue weighted by Gasteiger charge is -2.15. The average Bonchev–Trinajstić information content (AvgIpc) is 3.02. The zero-order valence-electron chi connectivity index (χ0n) is 19.7. The fraction of sp³-hybridized carbons (Fsp3) is 0.214. The molecule has 0 aromatic heterocycles. The van der Waals surface area contributed by atoms with Crippen LogP contribution in [0.5, 0.6) is 5.75 Å². The zero-order chi connectivity index (χ0) is 24.4. The normalized spacial score (nSPS) is 13.8. The molecule has 0 radical (unpaired) electrons. The first-order chi connectivity index (χ1) is 16.2. The van der Waals surface area contributed by atoms with Crippen LogP contribution in [0.25, 0.3) is 5.57 Å². The van der Waals surface area contributed by atoms with Gasteiger partial charge in [0.2, 0.25) is 0 Å². The van der Waals surface area contributed by atoms with Crippen molar-refractivity contribution in [3.63, 3.8) is 0 Å². The van der Waals surface area contributed by atoms with Crippen molar-refractivity contribution < 1.29 is 18.7 Å². The number of carbonyl (C=O) groups is 2. The minimum absolute atomic E-state index is 0.0481. The first-order valence-electron chi connectivity index (χ1n) is 11.2. The number of nitrogens with one attached hydrogen (secondary N) is 1. The molecule has 1 aliphatic heterocycles. The maximum atomic E-state index is 13.5. The van der Waals surface area contributed by atoms with Gasteiger partial charge in [-0.15, -0.1) is 0 Å². The number of imide groups is 1. The molecule has 0 saturated carbocycles. The van der Waals surface area contributed by atoms with Crippen molar-refractivity contribution in [3.8, 4) is 5.75 Å². The van der Waals surface area contributed by atoms with Crippen molar-refractivity contribution in [2.75, 3.05) is 5.32 Å². The lowest BCUT2D eigenvalue weighted by molar-refractivity contribution is -0.137. The van der Waals surface area contributed by atoms with Gasteiger partial charge >= 0.3 is 0 Å². The first-order valence-corrected chi connectivity index (χ1v) is 11.2. The Hall–Kier alpha value is -3.93. The summed E-state index contributed by atoms with van der Waals surface area (Å²) in [5, 5.41) is 3.16. The van der Waals surface area contributed by atoms with E-state index in [0.717, 1.165) is 16.9 Å². The summed E-state index contributed by atoms with van der Waals surface area (Å²) < 4.78 is 19.0. The summed E-state index contributed by atoms with van der Waals surface area (Å²) in [5.41, 5.74) is 4.66. The minimum Gasteiger partial charge on any atom is -0.491 e. The van der Waals surface area contributed by atoms with E-state index in [1.165, 1.54) is 17.0 Å². The van der Waals surface area contributed by atoms with Gasteiger partial charge in [0.1, 0.15) is 17.3 Å². The lowest BCUT2D eigenvalue weighted by atomic mass is 9.99. The molecule has 0 bridgehead atoms. The highest BCUT2D eigenvalue weighted by molar-refractivity contribution is 6.36. The number of nitrogens with zero attached hydrogens (tertiary/aromatic N) is 1. The van der Waals surface area contributed by atoms with Gasteiger partial charge in [0.15, 0.2) is 0 Å². The molecule has 174 valence electrons. The van der Waals surface area contributed by atoms with Crippen molar-refractivity contribution >= 4 is 23.1 Å². The number of anilines is 1. The van der Waals surface area contributed by atoms with Crippen LogP contribution in [0.1, 0.15) is 36.1 Å². The molecule has 1 N–H and O–H groups in total. The minimum atomic E-state index is -0.426. The summed E-state index contributed by atoms with van der Waals surface area (Å²) in [6.45, 7) is 7.92. The molecule has 3 aromatic carbocycles. The Morgan fingerprint density at radius 3 is 2.18 bits per heavy atom. The highest BCUT2D eigenvalue weighted by atomic mass is 19.1. The molecule has 0 saturated heterocycles. The molecule has 0 fully saturated rings. The third-order valence-corrected chi connectivity index (χ3v) is 5.71. The summed E-state index contributed by atoms with van der Waals surface area (Å²) in [6.07, 6.45) is 0.0481. The largest absolute Gasteiger partial charge is 0.491 e. The van der Waals surface area contributed by atoms with Crippen molar-refractivity contribution in [1.82, 2.24) is 4.90 Å². The molecule has 1 aliphatic rings. The van der Waals surface area contributed by atoms with E-state index < -0.39 is 5.91 Å². The molecule has 0 atom stereocenters. The first kappa shape index (κ1) is 23.2. The summed E-state index contributed by atoms with van der Waals surface area (Å²) in [6, 6.07) is 18.7. The highest BCUT2D eigenvalue weighted by Gasteiger charge is 2.39. The number of rotatable bonds is 7. The van der Waals surface area contributed by atoms with Gasteiger partial charge in [-0.3, -0.25) is 14.5 Å². The van der Waals surface area contributed by atoms with Gasteiger partial charge in [-0.05, 0) is 86.3 Å². The molecule has 0 spiro atoms. The van der Waals surface area contributed by atoms with Crippen LogP contribution in [0.3, 0.4) is 0 Å². The smallest absolute Gasteiger partial charge is 0.278 e. The van der Waals surface area contributed by atoms with Crippen LogP contribution in [0.2, 0.25) is 0 Å². The monoisotopic (exact) mass is 458 g/mol. The van der Waals surface area contributed by atoms with Crippen LogP contribution in [0.4, 0.5) is 10.1 Å². The van der Waals surface area contributed by atoms with Gasteiger partial charge in [0.25, 0.3) is 11.8 Å². The number of halogens is 1. The van der Waals surface area contributed by atoms with Gasteiger partial charge in [-0.25, -0.2) is 4.39 Å². The van der Waals surface area contributed by atoms with Crippen molar-refractivity contribution in [2.24, 2.45) is 0 Å². The average molecular weight is 459 g/mol. The Kier molecular flexibility index (Phi) is 6.50. The lowest BCUT2D eigenvalue weighted by Crippen LogP contribution is -2.32. The Balaban J connectivity index is 1.70. The summed E-state index contributed by atoms with van der Waals surface area (Å²) in [5.74, 6) is -0.468. The molecule has 0 aliphatic carbocycles. The standard InChI is InChI=1S/C28H27FN2O3/c1-17(2)34-24-13-11-23(12-14-24)30-26-25(21-8-5-18(3)19(4)15-21)27(32)31(28(26)33)16-20-6-9-22(29)10-7-20/h5-15,17,30H,16H2,1-4H3. The van der Waals surface area contributed by atoms with E-state index in [9.17, 15) is 14.0 Å². The predicted octanol–water partition coefficient (Wildman–Crippen LogP) is 5.62. The van der Waals surface area contributed by atoms with Crippen LogP contribution in [0, 0.1) is 19.7 Å². The van der Waals surface area contributed by atoms with Crippen LogP contribution < -0.4 is 10.1 Å². The summed E-state index contributed by atoms with van der Waals surface area (Å²) >= 11 is 0. The van der Waals surface area contributed by atoms with E-state index in [0.29, 0.717) is 22.4 Å². The van der Waals surface area contributed by atoms with E-state index in [4.69, 9.17) is 4.74 Å². The molecule has 1 heterocycles. The second kappa shape index (κ2) is 9.51. The van der Waals surface area contributed by atoms with Gasteiger partial charge in [0.05, 0.1) is 18.2 Å². The third kappa shape index (κ3) is 4.86. The van der Waals surface area contributed by atoms with E-state index >= 15 is 0 Å². The number of aryl methyl sites for hydroxylation is 2. The fourth-order valence-electron chi connectivity index (χ4n) is 3.81. The molecule has 4 rings (SSSR count). The van der Waals surface area contributed by atoms with Crippen LogP contribution in [-0.2, 0) is 16.1 Å². The molecule has 0 unspecified atom stereocenters. The number of benzene rings is 3. The molecule has 3 aromatic rings. The maximum absolute atomic E-state index is 13.5. The van der Waals surface area contributed by atoms with Gasteiger partial charge in [0, 0.05) is 5.69 Å². The van der Waals surface area contributed by atoms with Gasteiger partial charge < -0.3 is 10.1 Å². The SMILES string of the molecule is Cc1ccc(C2=C(Nc3ccc(OC(C)C)cc3)C(=O)N(Cc3ccc(F)cc3)C2=O)cc1C. The van der Waals surface area contributed by atoms with Crippen LogP contribution in [-0.4, -0.2) is 22.8 Å². The molecule has 34 heavy (non-hydrogen) atoms. The number of carbonyl (C=O) groups excluding carboxylic acids is 2. The molecule has 5 nitrogen and oxygen atoms in total. The van der Waals surface area contributed by atoms with E-state index in [2.05, 4.69) is 5.32 Å². The molecule has 2 amide bonds. The third-order valence-electron chi connectivity index (χ3n) is 5.71. The van der Waals surface area contributed by atoms with Crippen molar-refractivity contribution in [3.05, 3.63) is 100 Å². The Bertz CT molecular complexity index is 1260. The highest BCUT2D eigenvalue weighted by Crippen LogP contribution is 2.32. The van der Waals surface area contributed by atoms with Crippen molar-refractivity contribution in [1.29, 1.82) is 0 Å². The second-order valence-electron chi connectivity index (χ2n) is 8.69. The van der Waals surface area contributed by atoms with Crippen LogP contribution >= 0.6 is 0 Å². The Morgan fingerprint density at radius 2 is 1.56 bits per heavy atom. The molecule has 6 heteroatoms. The van der Waals surface area contributed by atoms with Gasteiger partial charge in [-0.1, -0.05) is 30.3 Å². The number of hydrogen-bond acceptors (Lipinski definition) is 4.